The van der Waals surface area contributed by atoms with E-state index in [0.717, 1.165) is 16.0 Å². The number of rotatable bonds is 4. The van der Waals surface area contributed by atoms with Gasteiger partial charge < -0.3 is 5.32 Å². The molecule has 0 saturated carbocycles. The van der Waals surface area contributed by atoms with Gasteiger partial charge in [-0.1, -0.05) is 11.6 Å². The van der Waals surface area contributed by atoms with E-state index in [1.54, 1.807) is 17.5 Å². The van der Waals surface area contributed by atoms with E-state index in [2.05, 4.69) is 46.3 Å². The summed E-state index contributed by atoms with van der Waals surface area (Å²) in [4.78, 5) is 1.24. The molecule has 1 atom stereocenters. The first-order chi connectivity index (χ1) is 8.58. The van der Waals surface area contributed by atoms with E-state index in [0.29, 0.717) is 5.02 Å². The molecule has 0 aliphatic rings. The maximum absolute atomic E-state index is 6.26. The highest BCUT2D eigenvalue weighted by Gasteiger charge is 2.22. The van der Waals surface area contributed by atoms with Crippen molar-refractivity contribution in [3.8, 4) is 0 Å². The highest BCUT2D eigenvalue weighted by atomic mass is 79.9. The first-order valence-electron chi connectivity index (χ1n) is 5.72. The Morgan fingerprint density at radius 2 is 2.33 bits per heavy atom. The summed E-state index contributed by atoms with van der Waals surface area (Å²) < 4.78 is 3.10. The Balaban J connectivity index is 2.47. The summed E-state index contributed by atoms with van der Waals surface area (Å²) in [6, 6.07) is 2.26. The summed E-state index contributed by atoms with van der Waals surface area (Å²) in [6.45, 7) is 4.97. The number of hydrogen-bond acceptors (Lipinski definition) is 3. The molecular formula is C12H15BrClN3S. The van der Waals surface area contributed by atoms with Crippen LogP contribution < -0.4 is 5.32 Å². The van der Waals surface area contributed by atoms with Gasteiger partial charge in [-0.15, -0.1) is 11.3 Å². The molecule has 2 rings (SSSR count). The quantitative estimate of drug-likeness (QED) is 0.905. The van der Waals surface area contributed by atoms with Crippen molar-refractivity contribution in [1.82, 2.24) is 15.1 Å². The van der Waals surface area contributed by atoms with E-state index in [1.807, 2.05) is 11.7 Å². The van der Waals surface area contributed by atoms with Crippen molar-refractivity contribution < 1.29 is 0 Å². The summed E-state index contributed by atoms with van der Waals surface area (Å²) in [7, 11) is 1.94. The van der Waals surface area contributed by atoms with Crippen LogP contribution in [0, 0.1) is 6.92 Å². The maximum atomic E-state index is 6.26. The zero-order chi connectivity index (χ0) is 13.3. The van der Waals surface area contributed by atoms with E-state index in [1.165, 1.54) is 10.4 Å². The number of thiophene rings is 1. The summed E-state index contributed by atoms with van der Waals surface area (Å²) in [5.74, 6) is 0. The van der Waals surface area contributed by atoms with Gasteiger partial charge in [0.2, 0.25) is 0 Å². The molecule has 0 spiro atoms. The van der Waals surface area contributed by atoms with Crippen LogP contribution in [-0.4, -0.2) is 16.8 Å². The third-order valence-electron chi connectivity index (χ3n) is 2.86. The number of aromatic nitrogens is 2. The first-order valence-corrected chi connectivity index (χ1v) is 7.71. The molecule has 0 bridgehead atoms. The molecule has 2 aromatic heterocycles. The molecule has 0 amide bonds. The number of nitrogens with zero attached hydrogens (tertiary/aromatic N) is 2. The van der Waals surface area contributed by atoms with Gasteiger partial charge >= 0.3 is 0 Å². The minimum Gasteiger partial charge on any atom is -0.307 e. The zero-order valence-electron chi connectivity index (χ0n) is 10.5. The highest BCUT2D eigenvalue weighted by molar-refractivity contribution is 9.11. The van der Waals surface area contributed by atoms with Crippen LogP contribution in [-0.2, 0) is 6.54 Å². The molecule has 1 unspecified atom stereocenters. The van der Waals surface area contributed by atoms with Crippen molar-refractivity contribution in [3.05, 3.63) is 37.2 Å². The molecule has 0 aliphatic heterocycles. The van der Waals surface area contributed by atoms with E-state index >= 15 is 0 Å². The average molecular weight is 349 g/mol. The van der Waals surface area contributed by atoms with Gasteiger partial charge in [0.25, 0.3) is 0 Å². The lowest BCUT2D eigenvalue weighted by molar-refractivity contribution is 0.567. The Hall–Kier alpha value is -0.360. The SMILES string of the molecule is CCn1ncc(Cl)c1C(NC)c1cc(C)c(Br)s1. The van der Waals surface area contributed by atoms with E-state index in [9.17, 15) is 0 Å². The van der Waals surface area contributed by atoms with Crippen LogP contribution in [0.2, 0.25) is 5.02 Å². The fraction of sp³-hybridized carbons (Fsp3) is 0.417. The first kappa shape index (κ1) is 14.1. The van der Waals surface area contributed by atoms with E-state index in [-0.39, 0.29) is 6.04 Å². The van der Waals surface area contributed by atoms with Crippen LogP contribution in [0.25, 0.3) is 0 Å². The Morgan fingerprint density at radius 1 is 1.61 bits per heavy atom. The second kappa shape index (κ2) is 5.74. The second-order valence-electron chi connectivity index (χ2n) is 4.02. The number of nitrogens with one attached hydrogen (secondary N) is 1. The van der Waals surface area contributed by atoms with Crippen LogP contribution in [0.5, 0.6) is 0 Å². The zero-order valence-corrected chi connectivity index (χ0v) is 13.7. The maximum Gasteiger partial charge on any atom is 0.0855 e. The number of halogens is 2. The molecule has 0 aliphatic carbocycles. The van der Waals surface area contributed by atoms with E-state index < -0.39 is 0 Å². The molecule has 1 N–H and O–H groups in total. The van der Waals surface area contributed by atoms with Crippen molar-refractivity contribution >= 4 is 38.9 Å². The van der Waals surface area contributed by atoms with Gasteiger partial charge in [-0.25, -0.2) is 0 Å². The summed E-state index contributed by atoms with van der Waals surface area (Å²) >= 11 is 11.6. The minimum atomic E-state index is 0.0787. The van der Waals surface area contributed by atoms with Crippen LogP contribution in [0.3, 0.4) is 0 Å². The van der Waals surface area contributed by atoms with Crippen molar-refractivity contribution in [3.63, 3.8) is 0 Å². The van der Waals surface area contributed by atoms with Crippen molar-refractivity contribution in [1.29, 1.82) is 0 Å². The summed E-state index contributed by atoms with van der Waals surface area (Å²) in [6.07, 6.45) is 1.71. The Labute approximate surface area is 124 Å². The van der Waals surface area contributed by atoms with Crippen LogP contribution >= 0.6 is 38.9 Å². The normalized spacial score (nSPS) is 12.9. The Kier molecular flexibility index (Phi) is 4.48. The summed E-state index contributed by atoms with van der Waals surface area (Å²) in [5.41, 5.74) is 2.27. The number of aryl methyl sites for hydroxylation is 2. The van der Waals surface area contributed by atoms with Gasteiger partial charge in [-0.2, -0.15) is 5.10 Å². The fourth-order valence-corrected chi connectivity index (χ4v) is 3.89. The molecule has 2 aromatic rings. The third kappa shape index (κ3) is 2.50. The van der Waals surface area contributed by atoms with Crippen LogP contribution in [0.4, 0.5) is 0 Å². The fourth-order valence-electron chi connectivity index (χ4n) is 1.95. The van der Waals surface area contributed by atoms with Crippen molar-refractivity contribution in [2.24, 2.45) is 0 Å². The predicted octanol–water partition coefficient (Wildman–Crippen LogP) is 4.00. The van der Waals surface area contributed by atoms with Gasteiger partial charge in [0.05, 0.1) is 26.7 Å². The highest BCUT2D eigenvalue weighted by Crippen LogP contribution is 2.36. The largest absolute Gasteiger partial charge is 0.307 e. The van der Waals surface area contributed by atoms with Gasteiger partial charge in [-0.3, -0.25) is 4.68 Å². The lowest BCUT2D eigenvalue weighted by Crippen LogP contribution is -2.20. The smallest absolute Gasteiger partial charge is 0.0855 e. The van der Waals surface area contributed by atoms with Crippen LogP contribution in [0.15, 0.2) is 16.0 Å². The third-order valence-corrected chi connectivity index (χ3v) is 5.35. The molecule has 0 radical (unpaired) electrons. The second-order valence-corrected chi connectivity index (χ2v) is 6.83. The molecule has 2 heterocycles. The van der Waals surface area contributed by atoms with Gasteiger partial charge in [-0.05, 0) is 48.5 Å². The van der Waals surface area contributed by atoms with Gasteiger partial charge in [0.15, 0.2) is 0 Å². The molecule has 6 heteroatoms. The molecular weight excluding hydrogens is 334 g/mol. The van der Waals surface area contributed by atoms with E-state index in [4.69, 9.17) is 11.6 Å². The summed E-state index contributed by atoms with van der Waals surface area (Å²) in [5, 5.41) is 8.32. The molecule has 0 aromatic carbocycles. The molecule has 3 nitrogen and oxygen atoms in total. The lowest BCUT2D eigenvalue weighted by Gasteiger charge is -2.16. The molecule has 0 fully saturated rings. The minimum absolute atomic E-state index is 0.0787. The van der Waals surface area contributed by atoms with Gasteiger partial charge in [0, 0.05) is 11.4 Å². The standard InChI is InChI=1S/C12H15BrClN3S/c1-4-17-11(8(14)6-16-17)10(15-3)9-5-7(2)12(13)18-9/h5-6,10,15H,4H2,1-3H3. The monoisotopic (exact) mass is 347 g/mol. The number of hydrogen-bond donors (Lipinski definition) is 1. The average Bonchev–Trinajstić information content (AvgIpc) is 2.86. The molecule has 98 valence electrons. The molecule has 18 heavy (non-hydrogen) atoms. The topological polar surface area (TPSA) is 29.9 Å². The Bertz CT molecular complexity index is 530. The Morgan fingerprint density at radius 3 is 2.83 bits per heavy atom. The van der Waals surface area contributed by atoms with Crippen LogP contribution in [0.1, 0.15) is 29.1 Å². The van der Waals surface area contributed by atoms with Crippen molar-refractivity contribution in [2.75, 3.05) is 7.05 Å². The lowest BCUT2D eigenvalue weighted by atomic mass is 10.1. The van der Waals surface area contributed by atoms with Crippen molar-refractivity contribution in [2.45, 2.75) is 26.4 Å². The predicted molar refractivity (Wildman–Crippen MR) is 80.6 cm³/mol. The molecule has 0 saturated heterocycles. The van der Waals surface area contributed by atoms with Gasteiger partial charge in [0.1, 0.15) is 0 Å².